The van der Waals surface area contributed by atoms with Crippen molar-refractivity contribution in [2.45, 2.75) is 39.5 Å². The summed E-state index contributed by atoms with van der Waals surface area (Å²) in [6.45, 7) is 7.51. The molecule has 0 amide bonds. The van der Waals surface area contributed by atoms with E-state index >= 15 is 0 Å². The van der Waals surface area contributed by atoms with Gasteiger partial charge in [-0.2, -0.15) is 31.3 Å². The number of benzene rings is 1. The van der Waals surface area contributed by atoms with E-state index in [2.05, 4.69) is 16.9 Å². The van der Waals surface area contributed by atoms with Crippen LogP contribution >= 0.6 is 0 Å². The van der Waals surface area contributed by atoms with Crippen molar-refractivity contribution in [3.8, 4) is 0 Å². The number of fused-ring (bicyclic) bond motifs is 1. The second-order valence-electron chi connectivity index (χ2n) is 7.48. The Hall–Kier alpha value is -4.02. The number of para-hydroxylation sites is 1. The average molecular weight is 540 g/mol. The first-order valence-electron chi connectivity index (χ1n) is 11.6. The van der Waals surface area contributed by atoms with Crippen molar-refractivity contribution < 1.29 is 31.1 Å². The van der Waals surface area contributed by atoms with Gasteiger partial charge in [0.1, 0.15) is 5.82 Å². The zero-order valence-corrected chi connectivity index (χ0v) is 21.0. The van der Waals surface area contributed by atoms with Crippen molar-refractivity contribution in [1.82, 2.24) is 4.57 Å². The molecule has 38 heavy (non-hydrogen) atoms. The van der Waals surface area contributed by atoms with Gasteiger partial charge < -0.3 is 10.1 Å². The zero-order valence-electron chi connectivity index (χ0n) is 21.0. The number of rotatable bonds is 6. The van der Waals surface area contributed by atoms with E-state index in [9.17, 15) is 31.1 Å². The van der Waals surface area contributed by atoms with E-state index in [1.54, 1.807) is 43.3 Å². The van der Waals surface area contributed by atoms with Crippen molar-refractivity contribution in [2.24, 2.45) is 4.99 Å². The maximum atomic E-state index is 14.0. The molecule has 0 atom stereocenters. The van der Waals surface area contributed by atoms with Crippen LogP contribution in [-0.4, -0.2) is 29.4 Å². The molecule has 0 bridgehead atoms. The first-order valence-corrected chi connectivity index (χ1v) is 11.6. The van der Waals surface area contributed by atoms with Gasteiger partial charge in [0.25, 0.3) is 0 Å². The molecule has 11 heteroatoms. The normalized spacial score (nSPS) is 14.0. The summed E-state index contributed by atoms with van der Waals surface area (Å²) in [5, 5.41) is 2.97. The summed E-state index contributed by atoms with van der Waals surface area (Å²) >= 11 is 0. The van der Waals surface area contributed by atoms with Crippen LogP contribution in [-0.2, 0) is 4.74 Å². The third-order valence-corrected chi connectivity index (χ3v) is 4.81. The second kappa shape index (κ2) is 13.0. The van der Waals surface area contributed by atoms with Crippen molar-refractivity contribution in [2.75, 3.05) is 11.9 Å². The standard InChI is InChI=1S/C25H21F6N3O2.C2H6/c1-3-8-17(9-4-2)34-20(32-16-10-6-5-7-11-16)14-19(35)22-18(25(29,30)31)12-13-21(33-23(22)34)36-15-24(26,27)28;1-2/h3-12,14,32H,1,13,15H2,2H3;1-2H3/b9-4-,17-8+;. The highest BCUT2D eigenvalue weighted by molar-refractivity contribution is 5.91. The second-order valence-corrected chi connectivity index (χ2v) is 7.48. The molecule has 0 radical (unpaired) electrons. The maximum absolute atomic E-state index is 14.0. The number of pyridine rings is 1. The summed E-state index contributed by atoms with van der Waals surface area (Å²) < 4.78 is 86.3. The van der Waals surface area contributed by atoms with Crippen molar-refractivity contribution in [1.29, 1.82) is 0 Å². The van der Waals surface area contributed by atoms with E-state index in [1.807, 2.05) is 13.8 Å². The van der Waals surface area contributed by atoms with Gasteiger partial charge in [-0.05, 0) is 31.2 Å². The van der Waals surface area contributed by atoms with Gasteiger partial charge in [-0.25, -0.2) is 0 Å². The first-order chi connectivity index (χ1) is 17.9. The molecule has 1 aromatic heterocycles. The number of aliphatic imine (C=N–C) groups is 1. The molecular weight excluding hydrogens is 512 g/mol. The molecule has 0 spiro atoms. The maximum Gasteiger partial charge on any atom is 0.422 e. The lowest BCUT2D eigenvalue weighted by atomic mass is 10.0. The topological polar surface area (TPSA) is 55.6 Å². The Bertz CT molecular complexity index is 1300. The highest BCUT2D eigenvalue weighted by Crippen LogP contribution is 2.41. The Morgan fingerprint density at radius 3 is 2.37 bits per heavy atom. The number of alkyl halides is 6. The largest absolute Gasteiger partial charge is 0.471 e. The van der Waals surface area contributed by atoms with Crippen LogP contribution in [0.5, 0.6) is 0 Å². The number of aromatic nitrogens is 1. The Balaban J connectivity index is 0.00000247. The highest BCUT2D eigenvalue weighted by Gasteiger charge is 2.40. The fraction of sp³-hybridized carbons (Fsp3) is 0.259. The lowest BCUT2D eigenvalue weighted by Crippen LogP contribution is -2.21. The van der Waals surface area contributed by atoms with E-state index in [1.165, 1.54) is 22.8 Å². The number of hydrogen-bond donors (Lipinski definition) is 1. The Morgan fingerprint density at radius 1 is 1.16 bits per heavy atom. The van der Waals surface area contributed by atoms with Gasteiger partial charge in [-0.15, -0.1) is 0 Å². The molecule has 0 saturated heterocycles. The highest BCUT2D eigenvalue weighted by atomic mass is 19.4. The minimum atomic E-state index is -4.99. The first kappa shape index (κ1) is 30.2. The molecule has 0 fully saturated rings. The summed E-state index contributed by atoms with van der Waals surface area (Å²) in [5.74, 6) is -1.14. The van der Waals surface area contributed by atoms with Gasteiger partial charge >= 0.3 is 12.4 Å². The summed E-state index contributed by atoms with van der Waals surface area (Å²) in [6, 6.07) is 9.44. The van der Waals surface area contributed by atoms with E-state index < -0.39 is 53.7 Å². The number of allylic oxidation sites excluding steroid dienone is 6. The number of halogens is 6. The predicted octanol–water partition coefficient (Wildman–Crippen LogP) is 8.18. The number of nitrogens with zero attached hydrogens (tertiary/aromatic N) is 2. The third kappa shape index (κ3) is 7.74. The molecule has 0 unspecified atom stereocenters. The van der Waals surface area contributed by atoms with Crippen LogP contribution in [0.25, 0.3) is 11.3 Å². The minimum Gasteiger partial charge on any atom is -0.471 e. The number of nitrogens with one attached hydrogen (secondary N) is 1. The van der Waals surface area contributed by atoms with E-state index in [-0.39, 0.29) is 11.5 Å². The molecule has 5 nitrogen and oxygen atoms in total. The van der Waals surface area contributed by atoms with Crippen LogP contribution in [0.3, 0.4) is 0 Å². The predicted molar refractivity (Wildman–Crippen MR) is 139 cm³/mol. The molecule has 1 N–H and O–H groups in total. The summed E-state index contributed by atoms with van der Waals surface area (Å²) in [4.78, 5) is 17.1. The van der Waals surface area contributed by atoms with Crippen LogP contribution in [0.4, 0.5) is 43.7 Å². The quantitative estimate of drug-likeness (QED) is 0.298. The van der Waals surface area contributed by atoms with Gasteiger partial charge in [0.05, 0.1) is 11.1 Å². The molecule has 1 aromatic carbocycles. The van der Waals surface area contributed by atoms with Crippen LogP contribution in [0.15, 0.2) is 83.1 Å². The van der Waals surface area contributed by atoms with Gasteiger partial charge in [-0.3, -0.25) is 9.36 Å². The minimum absolute atomic E-state index is 0.0264. The SMILES string of the molecule is C=C/C=C(\C=C/C)n1c(Nc2ccccc2)cc(=O)c2c1N=C(OCC(F)(F)F)CC=C2C(F)(F)F.CC. The fourth-order valence-corrected chi connectivity index (χ4v) is 3.44. The molecule has 2 aromatic rings. The van der Waals surface area contributed by atoms with Crippen LogP contribution in [0, 0.1) is 0 Å². The molecule has 1 aliphatic heterocycles. The van der Waals surface area contributed by atoms with Crippen LogP contribution in [0.2, 0.25) is 0 Å². The third-order valence-electron chi connectivity index (χ3n) is 4.81. The van der Waals surface area contributed by atoms with Crippen LogP contribution < -0.4 is 10.7 Å². The Labute approximate surface area is 216 Å². The molecule has 204 valence electrons. The Kier molecular flexibility index (Phi) is 10.3. The van der Waals surface area contributed by atoms with Crippen molar-refractivity contribution in [3.05, 3.63) is 89.1 Å². The Morgan fingerprint density at radius 2 is 1.82 bits per heavy atom. The molecular formula is C27H27F6N3O2. The smallest absolute Gasteiger partial charge is 0.422 e. The van der Waals surface area contributed by atoms with Crippen LogP contribution in [0.1, 0.15) is 32.8 Å². The molecule has 0 saturated carbocycles. The summed E-state index contributed by atoms with van der Waals surface area (Å²) in [5.41, 5.74) is -2.42. The van der Waals surface area contributed by atoms with Gasteiger partial charge in [0.2, 0.25) is 0 Å². The van der Waals surface area contributed by atoms with Crippen molar-refractivity contribution in [3.63, 3.8) is 0 Å². The van der Waals surface area contributed by atoms with Crippen molar-refractivity contribution >= 4 is 34.5 Å². The van der Waals surface area contributed by atoms with Gasteiger partial charge in [-0.1, -0.05) is 56.9 Å². The number of hydrogen-bond acceptors (Lipinski definition) is 4. The summed E-state index contributed by atoms with van der Waals surface area (Å²) in [6.07, 6.45) is -3.90. The number of ether oxygens (including phenoxy) is 1. The lowest BCUT2D eigenvalue weighted by molar-refractivity contribution is -0.156. The van der Waals surface area contributed by atoms with Gasteiger partial charge in [0.15, 0.2) is 23.8 Å². The fourth-order valence-electron chi connectivity index (χ4n) is 3.44. The van der Waals surface area contributed by atoms with E-state index in [0.29, 0.717) is 11.8 Å². The summed E-state index contributed by atoms with van der Waals surface area (Å²) in [7, 11) is 0. The lowest BCUT2D eigenvalue weighted by Gasteiger charge is -2.22. The van der Waals surface area contributed by atoms with E-state index in [0.717, 1.165) is 6.07 Å². The number of anilines is 2. The zero-order chi connectivity index (χ0) is 28.5. The molecule has 3 rings (SSSR count). The van der Waals surface area contributed by atoms with Gasteiger partial charge in [0, 0.05) is 23.9 Å². The molecule has 1 aliphatic rings. The molecule has 2 heterocycles. The molecule has 0 aliphatic carbocycles. The average Bonchev–Trinajstić information content (AvgIpc) is 3.05. The monoisotopic (exact) mass is 539 g/mol. The van der Waals surface area contributed by atoms with E-state index in [4.69, 9.17) is 4.74 Å².